The first kappa shape index (κ1) is 25.4. The fourth-order valence-electron chi connectivity index (χ4n) is 4.64. The SMILES string of the molecule is CCCCc1nc2c(N)nc3ccccc3c2n1Cc1ccc(CNC(=O)c2ccc(B(O)O)cc2)cc1. The third-order valence-electron chi connectivity index (χ3n) is 6.73. The maximum absolute atomic E-state index is 12.5. The van der Waals surface area contributed by atoms with Gasteiger partial charge in [-0.1, -0.05) is 67.9 Å². The van der Waals surface area contributed by atoms with Crippen molar-refractivity contribution in [2.24, 2.45) is 0 Å². The summed E-state index contributed by atoms with van der Waals surface area (Å²) < 4.78 is 2.26. The first-order valence-electron chi connectivity index (χ1n) is 12.8. The Hall–Kier alpha value is -4.21. The van der Waals surface area contributed by atoms with Crippen LogP contribution in [-0.4, -0.2) is 37.6 Å². The minimum absolute atomic E-state index is 0.225. The van der Waals surface area contributed by atoms with E-state index in [9.17, 15) is 14.8 Å². The zero-order chi connectivity index (χ0) is 26.6. The smallest absolute Gasteiger partial charge is 0.423 e. The van der Waals surface area contributed by atoms with Crippen molar-refractivity contribution in [3.8, 4) is 0 Å². The van der Waals surface area contributed by atoms with Crippen molar-refractivity contribution >= 4 is 46.2 Å². The molecule has 0 fully saturated rings. The number of carbonyl (C=O) groups is 1. The highest BCUT2D eigenvalue weighted by Gasteiger charge is 2.17. The van der Waals surface area contributed by atoms with E-state index in [-0.39, 0.29) is 5.91 Å². The van der Waals surface area contributed by atoms with Gasteiger partial charge in [0, 0.05) is 30.5 Å². The Balaban J connectivity index is 1.36. The van der Waals surface area contributed by atoms with E-state index in [4.69, 9.17) is 10.7 Å². The van der Waals surface area contributed by atoms with E-state index in [0.29, 0.717) is 29.9 Å². The van der Waals surface area contributed by atoms with Crippen molar-refractivity contribution in [2.45, 2.75) is 39.3 Å². The highest BCUT2D eigenvalue weighted by atomic mass is 16.4. The third-order valence-corrected chi connectivity index (χ3v) is 6.73. The van der Waals surface area contributed by atoms with Crippen LogP contribution in [0.1, 0.15) is 47.1 Å². The van der Waals surface area contributed by atoms with Crippen LogP contribution in [0, 0.1) is 0 Å². The number of rotatable bonds is 9. The molecule has 0 bridgehead atoms. The van der Waals surface area contributed by atoms with Gasteiger partial charge >= 0.3 is 7.12 Å². The van der Waals surface area contributed by atoms with E-state index in [1.54, 1.807) is 12.1 Å². The first-order chi connectivity index (χ1) is 18.4. The molecule has 192 valence electrons. The first-order valence-corrected chi connectivity index (χ1v) is 12.8. The van der Waals surface area contributed by atoms with Gasteiger partial charge in [-0.15, -0.1) is 0 Å². The second-order valence-electron chi connectivity index (χ2n) is 9.42. The summed E-state index contributed by atoms with van der Waals surface area (Å²) >= 11 is 0. The van der Waals surface area contributed by atoms with E-state index in [1.807, 2.05) is 30.3 Å². The van der Waals surface area contributed by atoms with Gasteiger partial charge < -0.3 is 25.7 Å². The number of nitrogens with one attached hydrogen (secondary N) is 1. The molecule has 0 aliphatic rings. The van der Waals surface area contributed by atoms with Crippen molar-refractivity contribution < 1.29 is 14.8 Å². The number of imidazole rings is 1. The number of fused-ring (bicyclic) bond motifs is 3. The molecule has 5 rings (SSSR count). The summed E-state index contributed by atoms with van der Waals surface area (Å²) in [7, 11) is -1.55. The lowest BCUT2D eigenvalue weighted by Crippen LogP contribution is -2.30. The minimum atomic E-state index is -1.55. The van der Waals surface area contributed by atoms with Crippen LogP contribution in [0.4, 0.5) is 5.82 Å². The van der Waals surface area contributed by atoms with Crippen molar-refractivity contribution in [1.29, 1.82) is 0 Å². The number of nitrogen functional groups attached to an aromatic ring is 1. The normalized spacial score (nSPS) is 11.2. The second-order valence-corrected chi connectivity index (χ2v) is 9.42. The third kappa shape index (κ3) is 5.25. The maximum Gasteiger partial charge on any atom is 0.488 e. The Morgan fingerprint density at radius 2 is 1.68 bits per heavy atom. The molecule has 0 unspecified atom stereocenters. The van der Waals surface area contributed by atoms with Gasteiger partial charge in [0.1, 0.15) is 11.3 Å². The van der Waals surface area contributed by atoms with E-state index >= 15 is 0 Å². The monoisotopic (exact) mass is 507 g/mol. The Labute approximate surface area is 221 Å². The molecule has 0 aliphatic heterocycles. The van der Waals surface area contributed by atoms with Crippen LogP contribution in [0.15, 0.2) is 72.8 Å². The molecule has 9 heteroatoms. The summed E-state index contributed by atoms with van der Waals surface area (Å²) in [6, 6.07) is 22.4. The number of anilines is 1. The Morgan fingerprint density at radius 1 is 0.974 bits per heavy atom. The van der Waals surface area contributed by atoms with Crippen molar-refractivity contribution in [3.63, 3.8) is 0 Å². The molecular formula is C29H30BN5O3. The topological polar surface area (TPSA) is 126 Å². The summed E-state index contributed by atoms with van der Waals surface area (Å²) in [6.45, 7) is 3.20. The molecule has 0 saturated carbocycles. The number of hydrogen-bond acceptors (Lipinski definition) is 6. The number of hydrogen-bond donors (Lipinski definition) is 4. The maximum atomic E-state index is 12.5. The molecule has 5 aromatic rings. The van der Waals surface area contributed by atoms with Gasteiger partial charge in [0.25, 0.3) is 5.91 Å². The van der Waals surface area contributed by atoms with Gasteiger partial charge in [-0.2, -0.15) is 0 Å². The number of nitrogens with zero attached hydrogens (tertiary/aromatic N) is 3. The summed E-state index contributed by atoms with van der Waals surface area (Å²) in [4.78, 5) is 22.0. The molecule has 8 nitrogen and oxygen atoms in total. The van der Waals surface area contributed by atoms with Crippen LogP contribution >= 0.6 is 0 Å². The summed E-state index contributed by atoms with van der Waals surface area (Å²) in [5, 5.41) is 22.4. The molecule has 38 heavy (non-hydrogen) atoms. The standard InChI is InChI=1S/C29H30BN5O3/c1-2-3-8-25-34-26-27(23-6-4-5-7-24(23)33-28(26)31)35(25)18-20-11-9-19(10-12-20)17-32-29(36)21-13-15-22(16-14-21)30(37)38/h4-7,9-16,37-38H,2-3,8,17-18H2,1H3,(H2,31,33)(H,32,36). The highest BCUT2D eigenvalue weighted by Crippen LogP contribution is 2.30. The number of carbonyl (C=O) groups excluding carboxylic acids is 1. The van der Waals surface area contributed by atoms with Crippen molar-refractivity contribution in [2.75, 3.05) is 5.73 Å². The fourth-order valence-corrected chi connectivity index (χ4v) is 4.64. The van der Waals surface area contributed by atoms with Gasteiger partial charge in [-0.3, -0.25) is 4.79 Å². The number of aryl methyl sites for hydroxylation is 1. The lowest BCUT2D eigenvalue weighted by molar-refractivity contribution is 0.0951. The molecule has 0 spiro atoms. The summed E-state index contributed by atoms with van der Waals surface area (Å²) in [5.74, 6) is 1.22. The predicted octanol–water partition coefficient (Wildman–Crippen LogP) is 3.17. The molecule has 5 N–H and O–H groups in total. The van der Waals surface area contributed by atoms with E-state index in [1.165, 1.54) is 12.1 Å². The largest absolute Gasteiger partial charge is 0.488 e. The van der Waals surface area contributed by atoms with Crippen LogP contribution in [0.5, 0.6) is 0 Å². The summed E-state index contributed by atoms with van der Waals surface area (Å²) in [6.07, 6.45) is 2.98. The average molecular weight is 507 g/mol. The number of aromatic nitrogens is 3. The quantitative estimate of drug-likeness (QED) is 0.227. The Kier molecular flexibility index (Phi) is 7.39. The molecule has 0 saturated heterocycles. The molecule has 2 aromatic heterocycles. The van der Waals surface area contributed by atoms with E-state index in [2.05, 4.69) is 40.0 Å². The Bertz CT molecular complexity index is 1580. The summed E-state index contributed by atoms with van der Waals surface area (Å²) in [5.41, 5.74) is 11.8. The lowest BCUT2D eigenvalue weighted by Gasteiger charge is -2.12. The molecular weight excluding hydrogens is 477 g/mol. The van der Waals surface area contributed by atoms with Crippen molar-refractivity contribution in [3.05, 3.63) is 95.3 Å². The molecule has 0 radical (unpaired) electrons. The van der Waals surface area contributed by atoms with Gasteiger partial charge in [0.2, 0.25) is 0 Å². The second kappa shape index (κ2) is 11.0. The molecule has 0 aliphatic carbocycles. The van der Waals surface area contributed by atoms with Crippen LogP contribution < -0.4 is 16.5 Å². The zero-order valence-corrected chi connectivity index (χ0v) is 21.3. The van der Waals surface area contributed by atoms with Crippen LogP contribution in [-0.2, 0) is 19.5 Å². The van der Waals surface area contributed by atoms with Crippen LogP contribution in [0.3, 0.4) is 0 Å². The van der Waals surface area contributed by atoms with Gasteiger partial charge in [0.05, 0.1) is 11.0 Å². The number of para-hydroxylation sites is 1. The van der Waals surface area contributed by atoms with Gasteiger partial charge in [0.15, 0.2) is 5.82 Å². The minimum Gasteiger partial charge on any atom is -0.423 e. The number of amides is 1. The van der Waals surface area contributed by atoms with Gasteiger partial charge in [-0.25, -0.2) is 9.97 Å². The molecule has 2 heterocycles. The highest BCUT2D eigenvalue weighted by molar-refractivity contribution is 6.58. The Morgan fingerprint density at radius 3 is 2.39 bits per heavy atom. The molecule has 0 atom stereocenters. The van der Waals surface area contributed by atoms with Crippen molar-refractivity contribution in [1.82, 2.24) is 19.9 Å². The van der Waals surface area contributed by atoms with E-state index in [0.717, 1.165) is 58.2 Å². The average Bonchev–Trinajstić information content (AvgIpc) is 3.30. The number of unbranched alkanes of at least 4 members (excludes halogenated alkanes) is 1. The van der Waals surface area contributed by atoms with Crippen LogP contribution in [0.2, 0.25) is 0 Å². The number of nitrogens with two attached hydrogens (primary N) is 1. The predicted molar refractivity (Wildman–Crippen MR) is 151 cm³/mol. The van der Waals surface area contributed by atoms with Gasteiger partial charge in [-0.05, 0) is 41.2 Å². The fraction of sp³-hybridized carbons (Fsp3) is 0.207. The van der Waals surface area contributed by atoms with E-state index < -0.39 is 7.12 Å². The number of benzene rings is 3. The number of pyridine rings is 1. The molecule has 1 amide bonds. The van der Waals surface area contributed by atoms with Crippen LogP contribution in [0.25, 0.3) is 21.9 Å². The zero-order valence-electron chi connectivity index (χ0n) is 21.3. The molecule has 3 aromatic carbocycles. The lowest BCUT2D eigenvalue weighted by atomic mass is 9.80.